The summed E-state index contributed by atoms with van der Waals surface area (Å²) in [6.07, 6.45) is 6.43. The molecule has 1 aromatic rings. The van der Waals surface area contributed by atoms with Gasteiger partial charge in [0.25, 0.3) is 0 Å². The zero-order chi connectivity index (χ0) is 17.7. The van der Waals surface area contributed by atoms with E-state index in [0.717, 1.165) is 17.8 Å². The number of hydrogen-bond donors (Lipinski definition) is 1. The van der Waals surface area contributed by atoms with Crippen LogP contribution < -0.4 is 5.32 Å². The van der Waals surface area contributed by atoms with Crippen molar-refractivity contribution < 1.29 is 14.4 Å². The molecule has 5 rings (SSSR count). The topological polar surface area (TPSA) is 92.3 Å². The lowest BCUT2D eigenvalue weighted by molar-refractivity contribution is -0.146. The molecule has 7 nitrogen and oxygen atoms in total. The first-order valence-corrected chi connectivity index (χ1v) is 9.49. The minimum Gasteiger partial charge on any atom is -0.299 e. The first-order valence-electron chi connectivity index (χ1n) is 8.67. The van der Waals surface area contributed by atoms with Gasteiger partial charge in [-0.15, -0.1) is 10.2 Å². The molecular weight excluding hydrogens is 340 g/mol. The van der Waals surface area contributed by atoms with Crippen LogP contribution in [0, 0.1) is 30.6 Å². The highest BCUT2D eigenvalue weighted by Crippen LogP contribution is 2.50. The van der Waals surface area contributed by atoms with Crippen LogP contribution in [0.2, 0.25) is 0 Å². The molecule has 1 saturated carbocycles. The highest BCUT2D eigenvalue weighted by molar-refractivity contribution is 7.15. The number of rotatable bonds is 4. The number of anilines is 1. The van der Waals surface area contributed by atoms with Crippen molar-refractivity contribution in [1.82, 2.24) is 15.1 Å². The van der Waals surface area contributed by atoms with Crippen LogP contribution in [0.4, 0.5) is 5.13 Å². The molecule has 2 fully saturated rings. The highest BCUT2D eigenvalue weighted by atomic mass is 32.1. The Bertz CT molecular complexity index is 742. The lowest BCUT2D eigenvalue weighted by Gasteiger charge is -2.38. The van der Waals surface area contributed by atoms with Gasteiger partial charge in [-0.3, -0.25) is 24.6 Å². The monoisotopic (exact) mass is 360 g/mol. The fraction of sp³-hybridized carbons (Fsp3) is 0.588. The van der Waals surface area contributed by atoms with Gasteiger partial charge in [0.05, 0.1) is 11.8 Å². The van der Waals surface area contributed by atoms with E-state index in [-0.39, 0.29) is 41.4 Å². The van der Waals surface area contributed by atoms with Crippen LogP contribution in [0.3, 0.4) is 0 Å². The van der Waals surface area contributed by atoms with Crippen LogP contribution in [0.25, 0.3) is 0 Å². The highest BCUT2D eigenvalue weighted by Gasteiger charge is 2.58. The molecule has 0 radical (unpaired) electrons. The molecule has 1 N–H and O–H groups in total. The first-order chi connectivity index (χ1) is 12.0. The van der Waals surface area contributed by atoms with Gasteiger partial charge in [-0.2, -0.15) is 0 Å². The Morgan fingerprint density at radius 2 is 1.84 bits per heavy atom. The maximum absolute atomic E-state index is 13.0. The molecule has 4 aliphatic rings. The minimum atomic E-state index is -0.797. The second-order valence-corrected chi connectivity index (χ2v) is 8.11. The van der Waals surface area contributed by atoms with Gasteiger partial charge in [-0.05, 0) is 38.0 Å². The Kier molecular flexibility index (Phi) is 3.94. The largest absolute Gasteiger partial charge is 0.299 e. The van der Waals surface area contributed by atoms with Crippen molar-refractivity contribution in [2.75, 3.05) is 5.32 Å². The van der Waals surface area contributed by atoms with Crippen molar-refractivity contribution in [2.45, 2.75) is 39.2 Å². The molecule has 5 atom stereocenters. The third-order valence-electron chi connectivity index (χ3n) is 5.55. The zero-order valence-electron chi connectivity index (χ0n) is 14.1. The normalized spacial score (nSPS) is 31.4. The standard InChI is InChI=1S/C17H20N4O3S/c1-3-11(14(22)18-17-20-19-8(2)25-17)21-15(23)12-9-4-5-10(7-6-9)13(12)16(21)24/h4-5,9-13H,3,6-7H2,1-2H3,(H,18,20,22). The molecule has 3 amide bonds. The number of carbonyl (C=O) groups excluding carboxylic acids is 3. The Balaban J connectivity index is 1.58. The summed E-state index contributed by atoms with van der Waals surface area (Å²) in [5.41, 5.74) is 0. The molecular formula is C17H20N4O3S. The molecule has 5 unspecified atom stereocenters. The predicted molar refractivity (Wildman–Crippen MR) is 91.5 cm³/mol. The fourth-order valence-electron chi connectivity index (χ4n) is 4.43. The molecule has 2 heterocycles. The summed E-state index contributed by atoms with van der Waals surface area (Å²) in [4.78, 5) is 39.8. The van der Waals surface area contributed by atoms with Crippen LogP contribution in [0.1, 0.15) is 31.2 Å². The summed E-state index contributed by atoms with van der Waals surface area (Å²) >= 11 is 1.27. The second kappa shape index (κ2) is 6.01. The first kappa shape index (κ1) is 16.4. The van der Waals surface area contributed by atoms with Crippen molar-refractivity contribution in [3.8, 4) is 0 Å². The fourth-order valence-corrected chi connectivity index (χ4v) is 5.02. The number of aryl methyl sites for hydroxylation is 1. The van der Waals surface area contributed by atoms with Crippen LogP contribution >= 0.6 is 11.3 Å². The lowest BCUT2D eigenvalue weighted by Crippen LogP contribution is -2.47. The number of nitrogens with zero attached hydrogens (tertiary/aromatic N) is 3. The van der Waals surface area contributed by atoms with Gasteiger partial charge in [-0.1, -0.05) is 30.4 Å². The molecule has 8 heteroatoms. The number of nitrogens with one attached hydrogen (secondary N) is 1. The summed E-state index contributed by atoms with van der Waals surface area (Å²) in [7, 11) is 0. The Morgan fingerprint density at radius 1 is 1.24 bits per heavy atom. The van der Waals surface area contributed by atoms with Crippen molar-refractivity contribution >= 4 is 34.2 Å². The number of amides is 3. The van der Waals surface area contributed by atoms with E-state index in [1.54, 1.807) is 6.92 Å². The Labute approximate surface area is 149 Å². The molecule has 2 bridgehead atoms. The van der Waals surface area contributed by atoms with E-state index in [4.69, 9.17) is 0 Å². The summed E-state index contributed by atoms with van der Waals surface area (Å²) in [5.74, 6) is -1.08. The average molecular weight is 360 g/mol. The molecule has 1 aromatic heterocycles. The quantitative estimate of drug-likeness (QED) is 0.652. The van der Waals surface area contributed by atoms with Crippen molar-refractivity contribution in [3.05, 3.63) is 17.2 Å². The van der Waals surface area contributed by atoms with Crippen LogP contribution in [0.5, 0.6) is 0 Å². The molecule has 0 aromatic carbocycles. The number of allylic oxidation sites excluding steroid dienone is 2. The number of hydrogen-bond acceptors (Lipinski definition) is 6. The third-order valence-corrected chi connectivity index (χ3v) is 6.30. The second-order valence-electron chi connectivity index (χ2n) is 6.93. The molecule has 1 aliphatic heterocycles. The van der Waals surface area contributed by atoms with E-state index in [1.807, 2.05) is 6.92 Å². The van der Waals surface area contributed by atoms with Gasteiger partial charge in [0.2, 0.25) is 22.9 Å². The van der Waals surface area contributed by atoms with E-state index in [0.29, 0.717) is 11.6 Å². The van der Waals surface area contributed by atoms with Gasteiger partial charge in [-0.25, -0.2) is 0 Å². The van der Waals surface area contributed by atoms with Gasteiger partial charge in [0, 0.05) is 0 Å². The Hall–Kier alpha value is -2.09. The predicted octanol–water partition coefficient (Wildman–Crippen LogP) is 1.76. The third kappa shape index (κ3) is 2.50. The number of fused-ring (bicyclic) bond motifs is 1. The zero-order valence-corrected chi connectivity index (χ0v) is 15.0. The number of imide groups is 1. The van der Waals surface area contributed by atoms with Gasteiger partial charge >= 0.3 is 0 Å². The Morgan fingerprint density at radius 3 is 2.28 bits per heavy atom. The van der Waals surface area contributed by atoms with E-state index in [2.05, 4.69) is 27.7 Å². The SMILES string of the molecule is CCC(C(=O)Nc1nnc(C)s1)N1C(=O)C2C3C=CC(CC3)C2C1=O. The summed E-state index contributed by atoms with van der Waals surface area (Å²) in [5, 5.41) is 11.6. The van der Waals surface area contributed by atoms with Crippen molar-refractivity contribution in [3.63, 3.8) is 0 Å². The lowest BCUT2D eigenvalue weighted by atomic mass is 9.63. The number of carbonyl (C=O) groups is 3. The van der Waals surface area contributed by atoms with Crippen molar-refractivity contribution in [1.29, 1.82) is 0 Å². The minimum absolute atomic E-state index is 0.128. The van der Waals surface area contributed by atoms with Crippen LogP contribution in [-0.4, -0.2) is 38.9 Å². The molecule has 25 heavy (non-hydrogen) atoms. The van der Waals surface area contributed by atoms with Gasteiger partial charge < -0.3 is 0 Å². The summed E-state index contributed by atoms with van der Waals surface area (Å²) in [6, 6.07) is -0.797. The molecule has 132 valence electrons. The number of aromatic nitrogens is 2. The van der Waals surface area contributed by atoms with E-state index in [1.165, 1.54) is 16.2 Å². The molecule has 1 saturated heterocycles. The summed E-state index contributed by atoms with van der Waals surface area (Å²) in [6.45, 7) is 3.61. The van der Waals surface area contributed by atoms with E-state index in [9.17, 15) is 14.4 Å². The van der Waals surface area contributed by atoms with Gasteiger partial charge in [0.15, 0.2) is 0 Å². The summed E-state index contributed by atoms with van der Waals surface area (Å²) < 4.78 is 0. The molecule has 0 spiro atoms. The average Bonchev–Trinajstić information content (AvgIpc) is 3.14. The van der Waals surface area contributed by atoms with E-state index >= 15 is 0 Å². The van der Waals surface area contributed by atoms with E-state index < -0.39 is 6.04 Å². The molecule has 3 aliphatic carbocycles. The van der Waals surface area contributed by atoms with Crippen LogP contribution in [0.15, 0.2) is 12.2 Å². The van der Waals surface area contributed by atoms with Gasteiger partial charge in [0.1, 0.15) is 11.0 Å². The maximum Gasteiger partial charge on any atom is 0.249 e. The van der Waals surface area contributed by atoms with Crippen molar-refractivity contribution in [2.24, 2.45) is 23.7 Å². The maximum atomic E-state index is 13.0. The smallest absolute Gasteiger partial charge is 0.249 e. The van der Waals surface area contributed by atoms with Crippen LogP contribution in [-0.2, 0) is 14.4 Å². The number of likely N-dealkylation sites (tertiary alicyclic amines) is 1.